The maximum atomic E-state index is 12.2. The predicted molar refractivity (Wildman–Crippen MR) is 82.1 cm³/mol. The summed E-state index contributed by atoms with van der Waals surface area (Å²) in [7, 11) is 1.58. The van der Waals surface area contributed by atoms with Crippen LogP contribution in [-0.2, 0) is 17.8 Å². The minimum atomic E-state index is -0.0169. The number of fused-ring (bicyclic) bond motifs is 1. The summed E-state index contributed by atoms with van der Waals surface area (Å²) in [5, 5.41) is 2.97. The molecule has 2 aromatic rings. The van der Waals surface area contributed by atoms with Crippen LogP contribution in [0.2, 0.25) is 0 Å². The van der Waals surface area contributed by atoms with Crippen molar-refractivity contribution >= 4 is 11.6 Å². The number of carbonyl (C=O) groups excluding carboxylic acids is 1. The summed E-state index contributed by atoms with van der Waals surface area (Å²) in [6, 6.07) is 13.6. The molecule has 0 radical (unpaired) electrons. The number of rotatable bonds is 4. The van der Waals surface area contributed by atoms with Crippen LogP contribution in [0.4, 0.5) is 5.69 Å². The standard InChI is InChI=1S/C17H18N2O2/c1-21-16-7-6-11(8-15(16)18)10-19-17(20)14-9-12-4-2-3-5-13(12)14/h2-8,14H,9-10,18H2,1H3,(H,19,20). The second-order valence-corrected chi connectivity index (χ2v) is 5.25. The summed E-state index contributed by atoms with van der Waals surface area (Å²) in [5.41, 5.74) is 9.82. The number of hydrogen-bond acceptors (Lipinski definition) is 3. The molecule has 0 saturated carbocycles. The lowest BCUT2D eigenvalue weighted by Crippen LogP contribution is -2.35. The van der Waals surface area contributed by atoms with Gasteiger partial charge in [0.1, 0.15) is 5.75 Å². The molecule has 0 spiro atoms. The Balaban J connectivity index is 1.61. The highest BCUT2D eigenvalue weighted by atomic mass is 16.5. The average molecular weight is 282 g/mol. The predicted octanol–water partition coefficient (Wildman–Crippen LogP) is 2.23. The first-order chi connectivity index (χ1) is 10.2. The molecule has 1 amide bonds. The van der Waals surface area contributed by atoms with Crippen LogP contribution in [0.15, 0.2) is 42.5 Å². The number of amides is 1. The van der Waals surface area contributed by atoms with E-state index in [1.807, 2.05) is 36.4 Å². The Hall–Kier alpha value is -2.49. The quantitative estimate of drug-likeness (QED) is 0.845. The molecule has 0 saturated heterocycles. The molecule has 21 heavy (non-hydrogen) atoms. The number of ether oxygens (including phenoxy) is 1. The van der Waals surface area contributed by atoms with Gasteiger partial charge in [-0.2, -0.15) is 0 Å². The van der Waals surface area contributed by atoms with Gasteiger partial charge in [0.25, 0.3) is 0 Å². The summed E-state index contributed by atoms with van der Waals surface area (Å²) in [6.45, 7) is 0.478. The van der Waals surface area contributed by atoms with Gasteiger partial charge in [-0.15, -0.1) is 0 Å². The molecular formula is C17H18N2O2. The fraction of sp³-hybridized carbons (Fsp3) is 0.235. The zero-order valence-corrected chi connectivity index (χ0v) is 11.9. The van der Waals surface area contributed by atoms with Crippen LogP contribution in [0.25, 0.3) is 0 Å². The summed E-state index contributed by atoms with van der Waals surface area (Å²) in [4.78, 5) is 12.2. The largest absolute Gasteiger partial charge is 0.495 e. The molecule has 0 aromatic heterocycles. The third kappa shape index (κ3) is 2.57. The lowest BCUT2D eigenvalue weighted by molar-refractivity contribution is -0.123. The molecule has 0 aliphatic heterocycles. The SMILES string of the molecule is COc1ccc(CNC(=O)C2Cc3ccccc32)cc1N. The molecule has 1 unspecified atom stereocenters. The number of anilines is 1. The minimum Gasteiger partial charge on any atom is -0.495 e. The van der Waals surface area contributed by atoms with Crippen LogP contribution < -0.4 is 15.8 Å². The molecule has 4 heteroatoms. The number of hydrogen-bond donors (Lipinski definition) is 2. The molecule has 2 aromatic carbocycles. The van der Waals surface area contributed by atoms with E-state index in [0.29, 0.717) is 18.0 Å². The van der Waals surface area contributed by atoms with E-state index in [4.69, 9.17) is 10.5 Å². The molecule has 1 aliphatic carbocycles. The van der Waals surface area contributed by atoms with E-state index in [-0.39, 0.29) is 11.8 Å². The highest BCUT2D eigenvalue weighted by molar-refractivity contribution is 5.86. The summed E-state index contributed by atoms with van der Waals surface area (Å²) in [6.07, 6.45) is 0.826. The fourth-order valence-corrected chi connectivity index (χ4v) is 2.70. The maximum absolute atomic E-state index is 12.2. The molecule has 3 N–H and O–H groups in total. The normalized spacial score (nSPS) is 15.8. The van der Waals surface area contributed by atoms with Gasteiger partial charge in [0, 0.05) is 6.54 Å². The van der Waals surface area contributed by atoms with Crippen LogP contribution in [-0.4, -0.2) is 13.0 Å². The van der Waals surface area contributed by atoms with Crippen molar-refractivity contribution in [1.82, 2.24) is 5.32 Å². The number of nitrogens with one attached hydrogen (secondary N) is 1. The molecule has 0 heterocycles. The topological polar surface area (TPSA) is 64.3 Å². The van der Waals surface area contributed by atoms with Gasteiger partial charge in [-0.1, -0.05) is 30.3 Å². The van der Waals surface area contributed by atoms with Crippen molar-refractivity contribution in [3.63, 3.8) is 0 Å². The lowest BCUT2D eigenvalue weighted by atomic mass is 9.77. The van der Waals surface area contributed by atoms with Crippen LogP contribution in [0.1, 0.15) is 22.6 Å². The zero-order chi connectivity index (χ0) is 14.8. The Bertz CT molecular complexity index is 682. The van der Waals surface area contributed by atoms with Gasteiger partial charge in [0.05, 0.1) is 18.7 Å². The second kappa shape index (κ2) is 5.48. The minimum absolute atomic E-state index is 0.0169. The Morgan fingerprint density at radius 1 is 1.33 bits per heavy atom. The van der Waals surface area contributed by atoms with Crippen molar-refractivity contribution in [3.05, 3.63) is 59.2 Å². The van der Waals surface area contributed by atoms with Crippen LogP contribution in [0.3, 0.4) is 0 Å². The number of carbonyl (C=O) groups is 1. The number of nitrogens with two attached hydrogens (primary N) is 1. The zero-order valence-electron chi connectivity index (χ0n) is 11.9. The van der Waals surface area contributed by atoms with Crippen LogP contribution in [0, 0.1) is 0 Å². The molecular weight excluding hydrogens is 264 g/mol. The van der Waals surface area contributed by atoms with Crippen LogP contribution in [0.5, 0.6) is 5.75 Å². The first-order valence-corrected chi connectivity index (χ1v) is 6.97. The van der Waals surface area contributed by atoms with Gasteiger partial charge in [-0.25, -0.2) is 0 Å². The molecule has 4 nitrogen and oxygen atoms in total. The highest BCUT2D eigenvalue weighted by Gasteiger charge is 2.31. The summed E-state index contributed by atoms with van der Waals surface area (Å²) >= 11 is 0. The highest BCUT2D eigenvalue weighted by Crippen LogP contribution is 2.34. The molecule has 3 rings (SSSR count). The Labute approximate surface area is 123 Å². The van der Waals surface area contributed by atoms with Crippen LogP contribution >= 0.6 is 0 Å². The smallest absolute Gasteiger partial charge is 0.228 e. The third-order valence-corrected chi connectivity index (χ3v) is 3.93. The van der Waals surface area contributed by atoms with E-state index < -0.39 is 0 Å². The molecule has 108 valence electrons. The van der Waals surface area contributed by atoms with Crippen molar-refractivity contribution in [2.75, 3.05) is 12.8 Å². The Morgan fingerprint density at radius 3 is 2.86 bits per heavy atom. The first-order valence-electron chi connectivity index (χ1n) is 6.97. The van der Waals surface area contributed by atoms with Gasteiger partial charge < -0.3 is 15.8 Å². The van der Waals surface area contributed by atoms with Crippen molar-refractivity contribution in [2.45, 2.75) is 18.9 Å². The molecule has 1 aliphatic rings. The Kier molecular flexibility index (Phi) is 3.52. The second-order valence-electron chi connectivity index (χ2n) is 5.25. The van der Waals surface area contributed by atoms with E-state index in [2.05, 4.69) is 11.4 Å². The Morgan fingerprint density at radius 2 is 2.14 bits per heavy atom. The van der Waals surface area contributed by atoms with Gasteiger partial charge in [-0.05, 0) is 35.2 Å². The van der Waals surface area contributed by atoms with Gasteiger partial charge >= 0.3 is 0 Å². The van der Waals surface area contributed by atoms with E-state index >= 15 is 0 Å². The van der Waals surface area contributed by atoms with Gasteiger partial charge in [0.2, 0.25) is 5.91 Å². The van der Waals surface area contributed by atoms with Crippen molar-refractivity contribution in [1.29, 1.82) is 0 Å². The monoisotopic (exact) mass is 282 g/mol. The van der Waals surface area contributed by atoms with E-state index in [1.165, 1.54) is 5.56 Å². The van der Waals surface area contributed by atoms with Crippen molar-refractivity contribution in [2.24, 2.45) is 0 Å². The van der Waals surface area contributed by atoms with E-state index in [9.17, 15) is 4.79 Å². The maximum Gasteiger partial charge on any atom is 0.228 e. The fourth-order valence-electron chi connectivity index (χ4n) is 2.70. The van der Waals surface area contributed by atoms with E-state index in [0.717, 1.165) is 17.5 Å². The summed E-state index contributed by atoms with van der Waals surface area (Å²) < 4.78 is 5.12. The van der Waals surface area contributed by atoms with Gasteiger partial charge in [-0.3, -0.25) is 4.79 Å². The average Bonchev–Trinajstić information content (AvgIpc) is 2.46. The molecule has 1 atom stereocenters. The van der Waals surface area contributed by atoms with Crippen molar-refractivity contribution in [3.8, 4) is 5.75 Å². The first kappa shape index (κ1) is 13.5. The lowest BCUT2D eigenvalue weighted by Gasteiger charge is -2.28. The molecule has 0 bridgehead atoms. The van der Waals surface area contributed by atoms with Crippen molar-refractivity contribution < 1.29 is 9.53 Å². The number of methoxy groups -OCH3 is 1. The summed E-state index contributed by atoms with van der Waals surface area (Å²) in [5.74, 6) is 0.706. The number of nitrogen functional groups attached to an aromatic ring is 1. The number of benzene rings is 2. The van der Waals surface area contributed by atoms with E-state index in [1.54, 1.807) is 7.11 Å². The van der Waals surface area contributed by atoms with Gasteiger partial charge in [0.15, 0.2) is 0 Å². The third-order valence-electron chi connectivity index (χ3n) is 3.93. The molecule has 0 fully saturated rings.